The number of thiazole rings is 1. The van der Waals surface area contributed by atoms with E-state index in [1.807, 2.05) is 0 Å². The van der Waals surface area contributed by atoms with Gasteiger partial charge in [-0.05, 0) is 25.7 Å². The molecule has 144 valence electrons. The van der Waals surface area contributed by atoms with Crippen LogP contribution in [0.5, 0.6) is 0 Å². The van der Waals surface area contributed by atoms with Gasteiger partial charge in [0.15, 0.2) is 5.13 Å². The molecule has 0 radical (unpaired) electrons. The zero-order chi connectivity index (χ0) is 18.4. The monoisotopic (exact) mass is 397 g/mol. The fourth-order valence-electron chi connectivity index (χ4n) is 3.95. The summed E-state index contributed by atoms with van der Waals surface area (Å²) in [6.45, 7) is 0. The second kappa shape index (κ2) is 9.60. The number of carbonyl (C=O) groups is 2. The number of rotatable bonds is 7. The Hall–Kier alpha value is -1.28. The lowest BCUT2D eigenvalue weighted by Gasteiger charge is -2.38. The average Bonchev–Trinajstić information content (AvgIpc) is 3.28. The highest BCUT2D eigenvalue weighted by Crippen LogP contribution is 2.33. The molecule has 1 aromatic rings. The molecule has 2 N–H and O–H groups in total. The van der Waals surface area contributed by atoms with Crippen molar-refractivity contribution in [3.63, 3.8) is 0 Å². The molecular weight excluding hydrogens is 370 g/mol. The number of nitrogens with one attached hydrogen (secondary N) is 1. The van der Waals surface area contributed by atoms with Gasteiger partial charge < -0.3 is 10.0 Å². The maximum Gasteiger partial charge on any atom is 0.324 e. The number of hydrogen-bond acceptors (Lipinski definition) is 5. The zero-order valence-corrected chi connectivity index (χ0v) is 16.6. The summed E-state index contributed by atoms with van der Waals surface area (Å²) in [7, 11) is 0. The maximum atomic E-state index is 13.0. The Morgan fingerprint density at radius 3 is 2.38 bits per heavy atom. The molecule has 8 heteroatoms. The van der Waals surface area contributed by atoms with E-state index in [9.17, 15) is 9.59 Å². The van der Waals surface area contributed by atoms with Crippen molar-refractivity contribution in [2.75, 3.05) is 11.1 Å². The van der Waals surface area contributed by atoms with Crippen LogP contribution in [0.3, 0.4) is 0 Å². The third-order valence-electron chi connectivity index (χ3n) is 5.18. The third-order valence-corrected chi connectivity index (χ3v) is 7.29. The summed E-state index contributed by atoms with van der Waals surface area (Å²) in [5.41, 5.74) is 0. The van der Waals surface area contributed by atoms with E-state index in [4.69, 9.17) is 5.11 Å². The van der Waals surface area contributed by atoms with Crippen LogP contribution < -0.4 is 5.32 Å². The molecule has 0 saturated heterocycles. The largest absolute Gasteiger partial charge is 0.481 e. The van der Waals surface area contributed by atoms with Gasteiger partial charge in [-0.15, -0.1) is 11.8 Å². The molecule has 1 heterocycles. The van der Waals surface area contributed by atoms with Crippen molar-refractivity contribution in [1.29, 1.82) is 0 Å². The van der Waals surface area contributed by atoms with E-state index < -0.39 is 5.97 Å². The molecule has 1 aromatic heterocycles. The Labute approximate surface area is 162 Å². The highest BCUT2D eigenvalue weighted by Gasteiger charge is 2.33. The van der Waals surface area contributed by atoms with Crippen molar-refractivity contribution in [3.8, 4) is 0 Å². The molecule has 0 atom stereocenters. The normalized spacial score (nSPS) is 18.8. The predicted molar refractivity (Wildman–Crippen MR) is 105 cm³/mol. The third kappa shape index (κ3) is 5.36. The number of hydrogen-bond donors (Lipinski definition) is 2. The smallest absolute Gasteiger partial charge is 0.324 e. The van der Waals surface area contributed by atoms with Gasteiger partial charge in [-0.2, -0.15) is 0 Å². The lowest BCUT2D eigenvalue weighted by Crippen LogP contribution is -2.49. The van der Waals surface area contributed by atoms with Gasteiger partial charge in [0.05, 0.1) is 16.8 Å². The number of carbonyl (C=O) groups excluding carboxylic acids is 1. The van der Waals surface area contributed by atoms with Crippen molar-refractivity contribution in [2.45, 2.75) is 80.5 Å². The van der Waals surface area contributed by atoms with Crippen LogP contribution in [-0.4, -0.2) is 44.8 Å². The number of aromatic nitrogens is 1. The molecule has 2 amide bonds. The second-order valence-corrected chi connectivity index (χ2v) is 9.47. The molecule has 0 bridgehead atoms. The van der Waals surface area contributed by atoms with Crippen molar-refractivity contribution in [2.24, 2.45) is 0 Å². The topological polar surface area (TPSA) is 82.5 Å². The summed E-state index contributed by atoms with van der Waals surface area (Å²) in [6.07, 6.45) is 12.4. The van der Waals surface area contributed by atoms with E-state index in [0.717, 1.165) is 29.9 Å². The average molecular weight is 398 g/mol. The number of aliphatic carboxylic acids is 1. The molecule has 26 heavy (non-hydrogen) atoms. The van der Waals surface area contributed by atoms with Crippen LogP contribution in [0.15, 0.2) is 10.4 Å². The Morgan fingerprint density at radius 2 is 1.77 bits per heavy atom. The maximum absolute atomic E-state index is 13.0. The van der Waals surface area contributed by atoms with Crippen LogP contribution in [0, 0.1) is 0 Å². The number of urea groups is 1. The van der Waals surface area contributed by atoms with Gasteiger partial charge in [-0.25, -0.2) is 9.78 Å². The van der Waals surface area contributed by atoms with E-state index >= 15 is 0 Å². The fraction of sp³-hybridized carbons (Fsp3) is 0.722. The van der Waals surface area contributed by atoms with Crippen LogP contribution in [-0.2, 0) is 4.79 Å². The number of nitrogens with zero attached hydrogens (tertiary/aromatic N) is 2. The molecule has 2 saturated carbocycles. The Morgan fingerprint density at radius 1 is 1.15 bits per heavy atom. The second-order valence-electron chi connectivity index (χ2n) is 7.04. The van der Waals surface area contributed by atoms with Gasteiger partial charge in [0.1, 0.15) is 0 Å². The summed E-state index contributed by atoms with van der Waals surface area (Å²) >= 11 is 2.89. The minimum absolute atomic E-state index is 0.0137. The molecule has 2 aliphatic carbocycles. The standard InChI is InChI=1S/C18H27N3O3S2/c22-15(23)10-11-25-16-12-19-17(26-16)20-18(24)21(14-8-4-5-9-14)13-6-2-1-3-7-13/h12-14H,1-11H2,(H,22,23)(H,19,20,24). The SMILES string of the molecule is O=C(O)CCSc1cnc(NC(=O)N(C2CCCCC2)C2CCCC2)s1. The summed E-state index contributed by atoms with van der Waals surface area (Å²) in [4.78, 5) is 30.0. The number of thioether (sulfide) groups is 1. The Kier molecular flexibility index (Phi) is 7.19. The molecule has 3 rings (SSSR count). The molecule has 0 aliphatic heterocycles. The first-order valence-electron chi connectivity index (χ1n) is 9.53. The number of amides is 2. The first-order valence-corrected chi connectivity index (χ1v) is 11.3. The van der Waals surface area contributed by atoms with Gasteiger partial charge in [0.25, 0.3) is 0 Å². The highest BCUT2D eigenvalue weighted by atomic mass is 32.2. The van der Waals surface area contributed by atoms with Crippen molar-refractivity contribution in [3.05, 3.63) is 6.20 Å². The van der Waals surface area contributed by atoms with E-state index in [2.05, 4.69) is 15.2 Å². The van der Waals surface area contributed by atoms with Gasteiger partial charge in [0, 0.05) is 17.8 Å². The van der Waals surface area contributed by atoms with Crippen molar-refractivity contribution < 1.29 is 14.7 Å². The minimum atomic E-state index is -0.796. The first-order chi connectivity index (χ1) is 12.6. The molecular formula is C18H27N3O3S2. The Balaban J connectivity index is 1.60. The van der Waals surface area contributed by atoms with Gasteiger partial charge in [0.2, 0.25) is 0 Å². The van der Waals surface area contributed by atoms with E-state index in [-0.39, 0.29) is 12.5 Å². The van der Waals surface area contributed by atoms with Crippen LogP contribution in [0.2, 0.25) is 0 Å². The van der Waals surface area contributed by atoms with Crippen molar-refractivity contribution in [1.82, 2.24) is 9.88 Å². The summed E-state index contributed by atoms with van der Waals surface area (Å²) in [5, 5.41) is 12.3. The van der Waals surface area contributed by atoms with E-state index in [0.29, 0.717) is 23.0 Å². The summed E-state index contributed by atoms with van der Waals surface area (Å²) in [6, 6.07) is 0.707. The van der Waals surface area contributed by atoms with Crippen LogP contribution in [0.4, 0.5) is 9.93 Å². The van der Waals surface area contributed by atoms with E-state index in [1.165, 1.54) is 55.2 Å². The summed E-state index contributed by atoms with van der Waals surface area (Å²) < 4.78 is 0.937. The number of anilines is 1. The summed E-state index contributed by atoms with van der Waals surface area (Å²) in [5.74, 6) is -0.281. The highest BCUT2D eigenvalue weighted by molar-refractivity contribution is 8.01. The molecule has 0 unspecified atom stereocenters. The van der Waals surface area contributed by atoms with E-state index in [1.54, 1.807) is 6.20 Å². The van der Waals surface area contributed by atoms with Crippen molar-refractivity contribution >= 4 is 40.2 Å². The quantitative estimate of drug-likeness (QED) is 0.645. The van der Waals surface area contributed by atoms with Crippen LogP contribution >= 0.6 is 23.1 Å². The number of carboxylic acid groups (broad SMARTS) is 1. The van der Waals surface area contributed by atoms with Gasteiger partial charge >= 0.3 is 12.0 Å². The molecule has 2 aliphatic rings. The van der Waals surface area contributed by atoms with Crippen LogP contribution in [0.25, 0.3) is 0 Å². The molecule has 0 spiro atoms. The number of carboxylic acids is 1. The minimum Gasteiger partial charge on any atom is -0.481 e. The first kappa shape index (κ1) is 19.5. The van der Waals surface area contributed by atoms with Gasteiger partial charge in [-0.1, -0.05) is 43.4 Å². The zero-order valence-electron chi connectivity index (χ0n) is 15.0. The fourth-order valence-corrected chi connectivity index (χ4v) is 5.82. The molecule has 0 aromatic carbocycles. The lowest BCUT2D eigenvalue weighted by atomic mass is 9.93. The predicted octanol–water partition coefficient (Wildman–Crippen LogP) is 4.82. The molecule has 6 nitrogen and oxygen atoms in total. The van der Waals surface area contributed by atoms with Crippen LogP contribution in [0.1, 0.15) is 64.2 Å². The Bertz CT molecular complexity index is 611. The van der Waals surface area contributed by atoms with Gasteiger partial charge in [-0.3, -0.25) is 10.1 Å². The lowest BCUT2D eigenvalue weighted by molar-refractivity contribution is -0.136. The molecule has 2 fully saturated rings.